The van der Waals surface area contributed by atoms with E-state index in [-0.39, 0.29) is 17.7 Å². The molecule has 3 rings (SSSR count). The van der Waals surface area contributed by atoms with Crippen molar-refractivity contribution in [3.05, 3.63) is 35.4 Å². The van der Waals surface area contributed by atoms with Crippen molar-refractivity contribution in [2.75, 3.05) is 6.54 Å². The lowest BCUT2D eigenvalue weighted by molar-refractivity contribution is -0.123. The van der Waals surface area contributed by atoms with Crippen LogP contribution in [0.3, 0.4) is 0 Å². The summed E-state index contributed by atoms with van der Waals surface area (Å²) in [6.45, 7) is 0.338. The van der Waals surface area contributed by atoms with E-state index in [4.69, 9.17) is 0 Å². The van der Waals surface area contributed by atoms with Crippen LogP contribution in [-0.4, -0.2) is 29.0 Å². The minimum absolute atomic E-state index is 0.205. The third-order valence-corrected chi connectivity index (χ3v) is 4.74. The van der Waals surface area contributed by atoms with Crippen LogP contribution in [0.2, 0.25) is 0 Å². The highest BCUT2D eigenvalue weighted by molar-refractivity contribution is 6.21. The first-order valence-corrected chi connectivity index (χ1v) is 8.16. The Bertz CT molecular complexity index is 567. The monoisotopic (exact) mass is 299 g/mol. The summed E-state index contributed by atoms with van der Waals surface area (Å²) in [5, 5.41) is 0. The zero-order valence-electron chi connectivity index (χ0n) is 12.7. The largest absolute Gasteiger partial charge is 0.299 e. The quantitative estimate of drug-likeness (QED) is 0.784. The lowest BCUT2D eigenvalue weighted by Crippen LogP contribution is -2.31. The van der Waals surface area contributed by atoms with Crippen molar-refractivity contribution in [3.63, 3.8) is 0 Å². The zero-order valence-corrected chi connectivity index (χ0v) is 12.7. The topological polar surface area (TPSA) is 54.5 Å². The van der Waals surface area contributed by atoms with Crippen LogP contribution in [-0.2, 0) is 4.79 Å². The first kappa shape index (κ1) is 14.9. The number of fused-ring (bicyclic) bond motifs is 1. The van der Waals surface area contributed by atoms with Crippen LogP contribution in [0.5, 0.6) is 0 Å². The van der Waals surface area contributed by atoms with E-state index in [9.17, 15) is 14.4 Å². The summed E-state index contributed by atoms with van der Waals surface area (Å²) in [6.07, 6.45) is 6.58. The van der Waals surface area contributed by atoms with Gasteiger partial charge in [0.05, 0.1) is 11.1 Å². The SMILES string of the molecule is O=C(CCCN1C(=O)c2ccccc2C1=O)C1CCCCC1. The smallest absolute Gasteiger partial charge is 0.261 e. The number of carbonyl (C=O) groups excluding carboxylic acids is 3. The fourth-order valence-corrected chi connectivity index (χ4v) is 3.48. The molecule has 2 aliphatic rings. The molecule has 1 saturated carbocycles. The summed E-state index contributed by atoms with van der Waals surface area (Å²) in [5.41, 5.74) is 0.956. The number of hydrogen-bond acceptors (Lipinski definition) is 3. The van der Waals surface area contributed by atoms with Crippen molar-refractivity contribution < 1.29 is 14.4 Å². The van der Waals surface area contributed by atoms with Gasteiger partial charge in [0.15, 0.2) is 0 Å². The highest BCUT2D eigenvalue weighted by Crippen LogP contribution is 2.26. The van der Waals surface area contributed by atoms with Crippen LogP contribution in [0.15, 0.2) is 24.3 Å². The summed E-state index contributed by atoms with van der Waals surface area (Å²) >= 11 is 0. The predicted octanol–water partition coefficient (Wildman–Crippen LogP) is 3.21. The molecule has 0 spiro atoms. The molecule has 0 saturated heterocycles. The van der Waals surface area contributed by atoms with Gasteiger partial charge in [-0.3, -0.25) is 19.3 Å². The molecule has 4 heteroatoms. The van der Waals surface area contributed by atoms with Crippen LogP contribution in [0.25, 0.3) is 0 Å². The molecule has 0 N–H and O–H groups in total. The summed E-state index contributed by atoms with van der Waals surface area (Å²) in [6, 6.07) is 6.89. The number of rotatable bonds is 5. The molecule has 116 valence electrons. The van der Waals surface area contributed by atoms with Gasteiger partial charge in [-0.25, -0.2) is 0 Å². The molecule has 1 aromatic carbocycles. The zero-order chi connectivity index (χ0) is 15.5. The van der Waals surface area contributed by atoms with Gasteiger partial charge < -0.3 is 0 Å². The molecule has 22 heavy (non-hydrogen) atoms. The number of amides is 2. The van der Waals surface area contributed by atoms with Crippen molar-refractivity contribution in [2.45, 2.75) is 44.9 Å². The molecule has 0 aromatic heterocycles. The molecule has 0 bridgehead atoms. The van der Waals surface area contributed by atoms with Crippen LogP contribution >= 0.6 is 0 Å². The molecular weight excluding hydrogens is 278 g/mol. The van der Waals surface area contributed by atoms with E-state index < -0.39 is 0 Å². The fraction of sp³-hybridized carbons (Fsp3) is 0.500. The third kappa shape index (κ3) is 2.82. The lowest BCUT2D eigenvalue weighted by atomic mass is 9.85. The van der Waals surface area contributed by atoms with Gasteiger partial charge in [0.1, 0.15) is 5.78 Å². The van der Waals surface area contributed by atoms with Crippen LogP contribution < -0.4 is 0 Å². The van der Waals surface area contributed by atoms with E-state index in [1.165, 1.54) is 11.3 Å². The average Bonchev–Trinajstić information content (AvgIpc) is 2.81. The second-order valence-electron chi connectivity index (χ2n) is 6.21. The number of carbonyl (C=O) groups is 3. The standard InChI is InChI=1S/C18H21NO3/c20-16(13-7-2-1-3-8-13)11-6-12-19-17(21)14-9-4-5-10-15(14)18(19)22/h4-5,9-10,13H,1-3,6-8,11-12H2. The molecule has 0 radical (unpaired) electrons. The van der Waals surface area contributed by atoms with Crippen molar-refractivity contribution in [1.82, 2.24) is 4.90 Å². The Hall–Kier alpha value is -1.97. The minimum atomic E-state index is -0.231. The summed E-state index contributed by atoms with van der Waals surface area (Å²) in [5.74, 6) is 0.0451. The van der Waals surface area contributed by atoms with E-state index in [0.717, 1.165) is 25.7 Å². The van der Waals surface area contributed by atoms with E-state index in [1.54, 1.807) is 24.3 Å². The Kier molecular flexibility index (Phi) is 4.36. The highest BCUT2D eigenvalue weighted by Gasteiger charge is 2.34. The molecule has 2 amide bonds. The van der Waals surface area contributed by atoms with E-state index >= 15 is 0 Å². The number of nitrogens with zero attached hydrogens (tertiary/aromatic N) is 1. The highest BCUT2D eigenvalue weighted by atomic mass is 16.2. The number of Topliss-reactive ketones (excluding diaryl/α,β-unsaturated/α-hetero) is 1. The summed E-state index contributed by atoms with van der Waals surface area (Å²) in [4.78, 5) is 37.9. The van der Waals surface area contributed by atoms with Gasteiger partial charge in [-0.1, -0.05) is 31.4 Å². The van der Waals surface area contributed by atoms with Crippen molar-refractivity contribution in [2.24, 2.45) is 5.92 Å². The number of benzene rings is 1. The van der Waals surface area contributed by atoms with Gasteiger partial charge in [-0.05, 0) is 31.4 Å². The molecule has 1 aliphatic heterocycles. The first-order chi connectivity index (χ1) is 10.7. The minimum Gasteiger partial charge on any atom is -0.299 e. The normalized spacial score (nSPS) is 18.6. The van der Waals surface area contributed by atoms with Crippen molar-refractivity contribution in [1.29, 1.82) is 0 Å². The number of hydrogen-bond donors (Lipinski definition) is 0. The maximum atomic E-state index is 12.2. The molecular formula is C18H21NO3. The fourth-order valence-electron chi connectivity index (χ4n) is 3.48. The van der Waals surface area contributed by atoms with Gasteiger partial charge in [0, 0.05) is 18.9 Å². The van der Waals surface area contributed by atoms with Crippen LogP contribution in [0.4, 0.5) is 0 Å². The Morgan fingerprint density at radius 1 is 1.00 bits per heavy atom. The third-order valence-electron chi connectivity index (χ3n) is 4.74. The molecule has 1 aromatic rings. The Morgan fingerprint density at radius 3 is 2.18 bits per heavy atom. The molecule has 1 heterocycles. The van der Waals surface area contributed by atoms with Gasteiger partial charge in [-0.2, -0.15) is 0 Å². The Balaban J connectivity index is 1.53. The second kappa shape index (κ2) is 6.42. The predicted molar refractivity (Wildman–Crippen MR) is 82.6 cm³/mol. The van der Waals surface area contributed by atoms with E-state index in [2.05, 4.69) is 0 Å². The number of ketones is 1. The van der Waals surface area contributed by atoms with E-state index in [0.29, 0.717) is 36.3 Å². The summed E-state index contributed by atoms with van der Waals surface area (Å²) < 4.78 is 0. The van der Waals surface area contributed by atoms with Crippen molar-refractivity contribution >= 4 is 17.6 Å². The molecule has 4 nitrogen and oxygen atoms in total. The van der Waals surface area contributed by atoms with Crippen molar-refractivity contribution in [3.8, 4) is 0 Å². The molecule has 0 atom stereocenters. The van der Waals surface area contributed by atoms with Gasteiger partial charge in [0.2, 0.25) is 0 Å². The average molecular weight is 299 g/mol. The van der Waals surface area contributed by atoms with E-state index in [1.807, 2.05) is 0 Å². The van der Waals surface area contributed by atoms with Crippen LogP contribution in [0, 0.1) is 5.92 Å². The first-order valence-electron chi connectivity index (χ1n) is 8.16. The van der Waals surface area contributed by atoms with Gasteiger partial charge in [-0.15, -0.1) is 0 Å². The lowest BCUT2D eigenvalue weighted by Gasteiger charge is -2.20. The maximum Gasteiger partial charge on any atom is 0.261 e. The van der Waals surface area contributed by atoms with Gasteiger partial charge in [0.25, 0.3) is 11.8 Å². The Labute approximate surface area is 130 Å². The number of imide groups is 1. The molecule has 1 fully saturated rings. The Morgan fingerprint density at radius 2 is 1.59 bits per heavy atom. The van der Waals surface area contributed by atoms with Gasteiger partial charge >= 0.3 is 0 Å². The maximum absolute atomic E-state index is 12.2. The molecule has 0 unspecified atom stereocenters. The summed E-state index contributed by atoms with van der Waals surface area (Å²) in [7, 11) is 0. The molecule has 1 aliphatic carbocycles. The second-order valence-corrected chi connectivity index (χ2v) is 6.21. The van der Waals surface area contributed by atoms with Crippen LogP contribution in [0.1, 0.15) is 65.7 Å².